The van der Waals surface area contributed by atoms with Crippen molar-refractivity contribution in [3.8, 4) is 0 Å². The number of carboxylic acids is 4. The quantitative estimate of drug-likeness (QED) is 0.179. The Morgan fingerprint density at radius 2 is 0.906 bits per heavy atom. The Morgan fingerprint density at radius 3 is 1.16 bits per heavy atom. The van der Waals surface area contributed by atoms with Gasteiger partial charge >= 0.3 is 23.9 Å². The fourth-order valence-electron chi connectivity index (χ4n) is 2.30. The molecular formula is C18H18N4O8S2. The van der Waals surface area contributed by atoms with Crippen molar-refractivity contribution in [2.75, 3.05) is 35.2 Å². The molecule has 0 atom stereocenters. The molecule has 12 nitrogen and oxygen atoms in total. The van der Waals surface area contributed by atoms with Gasteiger partial charge in [0.05, 0.1) is 0 Å². The number of nitrogens with one attached hydrogen (secondary N) is 2. The van der Waals surface area contributed by atoms with Crippen LogP contribution in [-0.4, -0.2) is 78.9 Å². The number of nitrogens with zero attached hydrogens (tertiary/aromatic N) is 2. The second-order valence-corrected chi connectivity index (χ2v) is 8.67. The van der Waals surface area contributed by atoms with Gasteiger partial charge in [-0.1, -0.05) is 21.6 Å². The number of pyridine rings is 2. The van der Waals surface area contributed by atoms with Crippen molar-refractivity contribution in [1.82, 2.24) is 9.97 Å². The van der Waals surface area contributed by atoms with Gasteiger partial charge in [-0.25, -0.2) is 29.1 Å². The fraction of sp³-hybridized carbons (Fsp3) is 0.222. The molecular weight excluding hydrogens is 464 g/mol. The average molecular weight is 482 g/mol. The Bertz CT molecular complexity index is 888. The van der Waals surface area contributed by atoms with Crippen molar-refractivity contribution >= 4 is 56.8 Å². The van der Waals surface area contributed by atoms with Crippen LogP contribution in [0.15, 0.2) is 24.3 Å². The lowest BCUT2D eigenvalue weighted by Crippen LogP contribution is -2.11. The third-order valence-electron chi connectivity index (χ3n) is 3.64. The van der Waals surface area contributed by atoms with E-state index in [-0.39, 0.29) is 22.8 Å². The van der Waals surface area contributed by atoms with E-state index in [0.29, 0.717) is 36.0 Å². The summed E-state index contributed by atoms with van der Waals surface area (Å²) in [6.45, 7) is 0.892. The molecule has 0 saturated heterocycles. The first kappa shape index (κ1) is 24.7. The smallest absolute Gasteiger partial charge is 0.354 e. The van der Waals surface area contributed by atoms with Crippen molar-refractivity contribution in [2.45, 2.75) is 0 Å². The summed E-state index contributed by atoms with van der Waals surface area (Å²) in [4.78, 5) is 51.3. The van der Waals surface area contributed by atoms with E-state index < -0.39 is 23.9 Å². The van der Waals surface area contributed by atoms with Gasteiger partial charge in [-0.3, -0.25) is 0 Å². The summed E-state index contributed by atoms with van der Waals surface area (Å²) in [5.74, 6) is -4.05. The first-order chi connectivity index (χ1) is 15.2. The maximum absolute atomic E-state index is 11.1. The zero-order valence-electron chi connectivity index (χ0n) is 16.3. The Kier molecular flexibility index (Phi) is 9.09. The minimum absolute atomic E-state index is 0.336. The molecule has 0 radical (unpaired) electrons. The Labute approximate surface area is 188 Å². The standard InChI is InChI=1S/C18H18N4O8S2/c23-15(24)11-5-9(6-12(21-11)16(25)26)19-1-3-31-32-4-2-20-10-7-13(17(27)28)22-14(8-10)18(29)30/h5-8H,1-4H2,(H,19,21)(H,20,22)(H,23,24)(H,25,26)(H,27,28)(H,29,30). The number of carboxylic acid groups (broad SMARTS) is 4. The summed E-state index contributed by atoms with van der Waals surface area (Å²) in [5.41, 5.74) is -0.795. The minimum atomic E-state index is -1.33. The topological polar surface area (TPSA) is 199 Å². The second kappa shape index (κ2) is 11.8. The highest BCUT2D eigenvalue weighted by molar-refractivity contribution is 8.76. The van der Waals surface area contributed by atoms with E-state index in [1.54, 1.807) is 0 Å². The van der Waals surface area contributed by atoms with E-state index in [4.69, 9.17) is 20.4 Å². The maximum atomic E-state index is 11.1. The van der Waals surface area contributed by atoms with Gasteiger partial charge in [0.1, 0.15) is 0 Å². The van der Waals surface area contributed by atoms with Gasteiger partial charge in [0.15, 0.2) is 22.8 Å². The van der Waals surface area contributed by atoms with Gasteiger partial charge in [-0.05, 0) is 24.3 Å². The lowest BCUT2D eigenvalue weighted by Gasteiger charge is -2.09. The summed E-state index contributed by atoms with van der Waals surface area (Å²) in [6, 6.07) is 5.01. The van der Waals surface area contributed by atoms with E-state index in [0.717, 1.165) is 0 Å². The van der Waals surface area contributed by atoms with Gasteiger partial charge in [0.2, 0.25) is 0 Å². The number of rotatable bonds is 13. The molecule has 0 bridgehead atoms. The zero-order valence-corrected chi connectivity index (χ0v) is 17.9. The molecule has 0 amide bonds. The highest BCUT2D eigenvalue weighted by atomic mass is 33.1. The monoisotopic (exact) mass is 482 g/mol. The number of aromatic carboxylic acids is 4. The first-order valence-electron chi connectivity index (χ1n) is 8.87. The van der Waals surface area contributed by atoms with Crippen LogP contribution in [0.25, 0.3) is 0 Å². The van der Waals surface area contributed by atoms with Crippen molar-refractivity contribution in [3.05, 3.63) is 47.0 Å². The molecule has 0 spiro atoms. The molecule has 0 aromatic carbocycles. The maximum Gasteiger partial charge on any atom is 0.354 e. The molecule has 0 saturated carbocycles. The van der Waals surface area contributed by atoms with Crippen LogP contribution in [0.4, 0.5) is 11.4 Å². The summed E-state index contributed by atoms with van der Waals surface area (Å²) < 4.78 is 0. The molecule has 0 aliphatic heterocycles. The summed E-state index contributed by atoms with van der Waals surface area (Å²) in [7, 11) is 3.02. The molecule has 0 unspecified atom stereocenters. The van der Waals surface area contributed by atoms with Crippen LogP contribution in [-0.2, 0) is 0 Å². The number of anilines is 2. The van der Waals surface area contributed by atoms with E-state index in [2.05, 4.69) is 20.6 Å². The van der Waals surface area contributed by atoms with Crippen LogP contribution in [0.1, 0.15) is 42.0 Å². The minimum Gasteiger partial charge on any atom is -0.477 e. The second-order valence-electron chi connectivity index (χ2n) is 5.97. The van der Waals surface area contributed by atoms with Gasteiger partial charge in [0, 0.05) is 36.0 Å². The van der Waals surface area contributed by atoms with Crippen molar-refractivity contribution < 1.29 is 39.6 Å². The molecule has 2 aromatic heterocycles. The molecule has 0 aliphatic rings. The predicted molar refractivity (Wildman–Crippen MR) is 118 cm³/mol. The lowest BCUT2D eigenvalue weighted by atomic mass is 10.2. The van der Waals surface area contributed by atoms with Gasteiger partial charge in [0.25, 0.3) is 0 Å². The highest BCUT2D eigenvalue weighted by Gasteiger charge is 2.14. The summed E-state index contributed by atoms with van der Waals surface area (Å²) in [5, 5.41) is 42.0. The van der Waals surface area contributed by atoms with Crippen LogP contribution >= 0.6 is 21.6 Å². The molecule has 0 fully saturated rings. The van der Waals surface area contributed by atoms with Crippen LogP contribution in [0.5, 0.6) is 0 Å². The average Bonchev–Trinajstić information content (AvgIpc) is 2.74. The Morgan fingerprint density at radius 1 is 0.625 bits per heavy atom. The van der Waals surface area contributed by atoms with Gasteiger partial charge in [-0.2, -0.15) is 0 Å². The van der Waals surface area contributed by atoms with Crippen LogP contribution < -0.4 is 10.6 Å². The van der Waals surface area contributed by atoms with Crippen LogP contribution in [0, 0.1) is 0 Å². The van der Waals surface area contributed by atoms with Crippen molar-refractivity contribution in [3.63, 3.8) is 0 Å². The SMILES string of the molecule is O=C(O)c1cc(NCCSSCCNc2cc(C(=O)O)nc(C(=O)O)c2)cc(C(=O)O)n1. The first-order valence-corrected chi connectivity index (χ1v) is 11.4. The number of hydrogen-bond donors (Lipinski definition) is 6. The molecule has 2 heterocycles. The van der Waals surface area contributed by atoms with E-state index >= 15 is 0 Å². The van der Waals surface area contributed by atoms with E-state index in [1.807, 2.05) is 0 Å². The van der Waals surface area contributed by atoms with Crippen molar-refractivity contribution in [1.29, 1.82) is 0 Å². The highest BCUT2D eigenvalue weighted by Crippen LogP contribution is 2.21. The van der Waals surface area contributed by atoms with Gasteiger partial charge < -0.3 is 31.1 Å². The number of aromatic nitrogens is 2. The third kappa shape index (κ3) is 7.63. The molecule has 170 valence electrons. The molecule has 0 aliphatic carbocycles. The van der Waals surface area contributed by atoms with E-state index in [1.165, 1.54) is 45.9 Å². The predicted octanol–water partition coefficient (Wildman–Crippen LogP) is 2.17. The number of hydrogen-bond acceptors (Lipinski definition) is 10. The Hall–Kier alpha value is -3.52. The zero-order chi connectivity index (χ0) is 23.7. The summed E-state index contributed by atoms with van der Waals surface area (Å²) in [6.07, 6.45) is 0. The fourth-order valence-corrected chi connectivity index (χ4v) is 4.11. The van der Waals surface area contributed by atoms with Gasteiger partial charge in [-0.15, -0.1) is 0 Å². The largest absolute Gasteiger partial charge is 0.477 e. The number of carbonyl (C=O) groups is 4. The van der Waals surface area contributed by atoms with Crippen molar-refractivity contribution in [2.24, 2.45) is 0 Å². The van der Waals surface area contributed by atoms with E-state index in [9.17, 15) is 19.2 Å². The third-order valence-corrected chi connectivity index (χ3v) is 6.05. The molecule has 32 heavy (non-hydrogen) atoms. The molecule has 2 rings (SSSR count). The van der Waals surface area contributed by atoms with Crippen LogP contribution in [0.3, 0.4) is 0 Å². The summed E-state index contributed by atoms with van der Waals surface area (Å²) >= 11 is 0. The molecule has 2 aromatic rings. The molecule has 14 heteroatoms. The normalized spacial score (nSPS) is 10.4. The van der Waals surface area contributed by atoms with Crippen LogP contribution in [0.2, 0.25) is 0 Å². The molecule has 6 N–H and O–H groups in total. The Balaban J connectivity index is 1.75. The lowest BCUT2D eigenvalue weighted by molar-refractivity contribution is 0.0664.